The van der Waals surface area contributed by atoms with Gasteiger partial charge in [0.15, 0.2) is 0 Å². The van der Waals surface area contributed by atoms with Crippen LogP contribution in [0.25, 0.3) is 10.9 Å². The van der Waals surface area contributed by atoms with Crippen LogP contribution >= 0.6 is 23.2 Å². The molecule has 1 unspecified atom stereocenters. The summed E-state index contributed by atoms with van der Waals surface area (Å²) >= 11 is 12.1. The SMILES string of the molecule is O=c1c2ccn(Cc3ccc(Cl)c(Cl)c3)c2ccn1CC1CCNC1. The molecule has 1 aliphatic heterocycles. The lowest BCUT2D eigenvalue weighted by atomic mass is 10.1. The van der Waals surface area contributed by atoms with Crippen LogP contribution in [0.5, 0.6) is 0 Å². The lowest BCUT2D eigenvalue weighted by molar-refractivity contribution is 0.474. The van der Waals surface area contributed by atoms with E-state index in [1.807, 2.05) is 41.2 Å². The standard InChI is InChI=1S/C19H19Cl2N3O/c20-16-2-1-13(9-17(16)21)11-23-7-4-15-18(23)5-8-24(19(15)25)12-14-3-6-22-10-14/h1-2,4-5,7-9,14,22H,3,6,10-12H2. The molecule has 3 aromatic rings. The summed E-state index contributed by atoms with van der Waals surface area (Å²) in [7, 11) is 0. The molecule has 1 N–H and O–H groups in total. The van der Waals surface area contributed by atoms with Gasteiger partial charge in [-0.3, -0.25) is 4.79 Å². The summed E-state index contributed by atoms with van der Waals surface area (Å²) in [6, 6.07) is 9.54. The number of halogens is 2. The lowest BCUT2D eigenvalue weighted by Crippen LogP contribution is -2.24. The number of rotatable bonds is 4. The zero-order valence-corrected chi connectivity index (χ0v) is 15.2. The first-order chi connectivity index (χ1) is 12.1. The summed E-state index contributed by atoms with van der Waals surface area (Å²) in [5, 5.41) is 5.20. The van der Waals surface area contributed by atoms with Crippen LogP contribution in [0.4, 0.5) is 0 Å². The first kappa shape index (κ1) is 16.7. The predicted octanol–water partition coefficient (Wildman–Crippen LogP) is 3.77. The topological polar surface area (TPSA) is 39.0 Å². The maximum Gasteiger partial charge on any atom is 0.259 e. The van der Waals surface area contributed by atoms with Crippen molar-refractivity contribution in [2.24, 2.45) is 5.92 Å². The fourth-order valence-electron chi connectivity index (χ4n) is 3.50. The van der Waals surface area contributed by atoms with Crippen molar-refractivity contribution in [3.8, 4) is 0 Å². The van der Waals surface area contributed by atoms with Gasteiger partial charge in [-0.15, -0.1) is 0 Å². The van der Waals surface area contributed by atoms with Crippen molar-refractivity contribution in [2.45, 2.75) is 19.5 Å². The Hall–Kier alpha value is -1.75. The molecule has 0 bridgehead atoms. The maximum absolute atomic E-state index is 12.8. The van der Waals surface area contributed by atoms with E-state index in [0.717, 1.165) is 42.5 Å². The number of hydrogen-bond donors (Lipinski definition) is 1. The van der Waals surface area contributed by atoms with E-state index >= 15 is 0 Å². The second kappa shape index (κ2) is 6.87. The molecule has 1 saturated heterocycles. The van der Waals surface area contributed by atoms with Crippen molar-refractivity contribution in [3.05, 3.63) is 68.7 Å². The fraction of sp³-hybridized carbons (Fsp3) is 0.316. The van der Waals surface area contributed by atoms with E-state index in [2.05, 4.69) is 9.88 Å². The van der Waals surface area contributed by atoms with Gasteiger partial charge in [0.25, 0.3) is 5.56 Å². The van der Waals surface area contributed by atoms with E-state index in [1.165, 1.54) is 0 Å². The summed E-state index contributed by atoms with van der Waals surface area (Å²) in [4.78, 5) is 12.8. The van der Waals surface area contributed by atoms with E-state index in [9.17, 15) is 4.79 Å². The van der Waals surface area contributed by atoms with E-state index in [0.29, 0.717) is 22.5 Å². The molecule has 3 heterocycles. The number of aromatic nitrogens is 2. The minimum absolute atomic E-state index is 0.0808. The molecule has 2 aromatic heterocycles. The van der Waals surface area contributed by atoms with Crippen LogP contribution in [-0.2, 0) is 13.1 Å². The summed E-state index contributed by atoms with van der Waals surface area (Å²) < 4.78 is 3.90. The van der Waals surface area contributed by atoms with Crippen molar-refractivity contribution < 1.29 is 0 Å². The number of pyridine rings is 1. The average Bonchev–Trinajstić information content (AvgIpc) is 3.24. The van der Waals surface area contributed by atoms with Crippen LogP contribution in [0.2, 0.25) is 10.0 Å². The number of fused-ring (bicyclic) bond motifs is 1. The highest BCUT2D eigenvalue weighted by molar-refractivity contribution is 6.42. The normalized spacial score (nSPS) is 17.4. The molecule has 0 spiro atoms. The third kappa shape index (κ3) is 3.34. The molecule has 6 heteroatoms. The molecule has 0 radical (unpaired) electrons. The van der Waals surface area contributed by atoms with Crippen LogP contribution in [-0.4, -0.2) is 22.2 Å². The quantitative estimate of drug-likeness (QED) is 0.753. The highest BCUT2D eigenvalue weighted by atomic mass is 35.5. The van der Waals surface area contributed by atoms with Crippen LogP contribution in [0.15, 0.2) is 47.5 Å². The third-order valence-corrected chi connectivity index (χ3v) is 5.60. The Balaban J connectivity index is 1.64. The van der Waals surface area contributed by atoms with Gasteiger partial charge in [-0.1, -0.05) is 29.3 Å². The summed E-state index contributed by atoms with van der Waals surface area (Å²) in [5.74, 6) is 0.536. The van der Waals surface area contributed by atoms with Crippen LogP contribution in [0.3, 0.4) is 0 Å². The van der Waals surface area contributed by atoms with E-state index in [4.69, 9.17) is 23.2 Å². The molecule has 0 saturated carbocycles. The molecule has 1 aliphatic rings. The Morgan fingerprint density at radius 2 is 1.92 bits per heavy atom. The van der Waals surface area contributed by atoms with Gasteiger partial charge in [-0.05, 0) is 55.3 Å². The molecule has 1 fully saturated rings. The number of nitrogens with one attached hydrogen (secondary N) is 1. The Bertz CT molecular complexity index is 970. The second-order valence-corrected chi connectivity index (χ2v) is 7.44. The largest absolute Gasteiger partial charge is 0.343 e. The molecule has 25 heavy (non-hydrogen) atoms. The second-order valence-electron chi connectivity index (χ2n) is 6.62. The fourth-order valence-corrected chi connectivity index (χ4v) is 3.82. The Morgan fingerprint density at radius 3 is 2.68 bits per heavy atom. The Kier molecular flexibility index (Phi) is 4.59. The van der Waals surface area contributed by atoms with Crippen LogP contribution in [0, 0.1) is 5.92 Å². The molecule has 1 aromatic carbocycles. The molecule has 4 nitrogen and oxygen atoms in total. The highest BCUT2D eigenvalue weighted by Crippen LogP contribution is 2.24. The third-order valence-electron chi connectivity index (χ3n) is 4.86. The summed E-state index contributed by atoms with van der Waals surface area (Å²) in [6.07, 6.45) is 4.99. The zero-order chi connectivity index (χ0) is 17.4. The van der Waals surface area contributed by atoms with Crippen LogP contribution < -0.4 is 10.9 Å². The predicted molar refractivity (Wildman–Crippen MR) is 103 cm³/mol. The average molecular weight is 376 g/mol. The number of hydrogen-bond acceptors (Lipinski definition) is 2. The molecule has 1 atom stereocenters. The smallest absolute Gasteiger partial charge is 0.259 e. The van der Waals surface area contributed by atoms with Crippen LogP contribution in [0.1, 0.15) is 12.0 Å². The minimum Gasteiger partial charge on any atom is -0.343 e. The molecule has 130 valence electrons. The summed E-state index contributed by atoms with van der Waals surface area (Å²) in [5.41, 5.74) is 2.07. The Labute approximate surface area is 156 Å². The van der Waals surface area contributed by atoms with E-state index in [1.54, 1.807) is 6.07 Å². The van der Waals surface area contributed by atoms with Gasteiger partial charge in [-0.25, -0.2) is 0 Å². The monoisotopic (exact) mass is 375 g/mol. The van der Waals surface area contributed by atoms with Gasteiger partial charge in [0, 0.05) is 25.5 Å². The lowest BCUT2D eigenvalue weighted by Gasteiger charge is -2.12. The van der Waals surface area contributed by atoms with Gasteiger partial charge in [0.2, 0.25) is 0 Å². The van der Waals surface area contributed by atoms with Gasteiger partial charge in [-0.2, -0.15) is 0 Å². The molecule has 0 amide bonds. The molecular weight excluding hydrogens is 357 g/mol. The van der Waals surface area contributed by atoms with Gasteiger partial charge in [0.05, 0.1) is 20.9 Å². The number of nitrogens with zero attached hydrogens (tertiary/aromatic N) is 2. The van der Waals surface area contributed by atoms with Gasteiger partial charge < -0.3 is 14.5 Å². The minimum atomic E-state index is 0.0808. The van der Waals surface area contributed by atoms with Crippen molar-refractivity contribution in [3.63, 3.8) is 0 Å². The van der Waals surface area contributed by atoms with E-state index < -0.39 is 0 Å². The van der Waals surface area contributed by atoms with Gasteiger partial charge >= 0.3 is 0 Å². The zero-order valence-electron chi connectivity index (χ0n) is 13.7. The molecule has 0 aliphatic carbocycles. The molecular formula is C19H19Cl2N3O. The first-order valence-electron chi connectivity index (χ1n) is 8.45. The maximum atomic E-state index is 12.8. The highest BCUT2D eigenvalue weighted by Gasteiger charge is 2.16. The van der Waals surface area contributed by atoms with Gasteiger partial charge in [0.1, 0.15) is 0 Å². The van der Waals surface area contributed by atoms with Crippen molar-refractivity contribution in [1.82, 2.24) is 14.5 Å². The number of benzene rings is 1. The van der Waals surface area contributed by atoms with E-state index in [-0.39, 0.29) is 5.56 Å². The van der Waals surface area contributed by atoms with Crippen molar-refractivity contribution >= 4 is 34.1 Å². The summed E-state index contributed by atoms with van der Waals surface area (Å²) in [6.45, 7) is 3.46. The van der Waals surface area contributed by atoms with Crippen molar-refractivity contribution in [2.75, 3.05) is 13.1 Å². The van der Waals surface area contributed by atoms with Crippen molar-refractivity contribution in [1.29, 1.82) is 0 Å². The Morgan fingerprint density at radius 1 is 1.08 bits per heavy atom. The first-order valence-corrected chi connectivity index (χ1v) is 9.20. The molecule has 4 rings (SSSR count).